The molecule has 0 amide bonds. The monoisotopic (exact) mass is 208 g/mol. The van der Waals surface area contributed by atoms with Gasteiger partial charge in [-0.3, -0.25) is 4.79 Å². The maximum atomic E-state index is 10.8. The van der Waals surface area contributed by atoms with E-state index >= 15 is 0 Å². The Hall–Kier alpha value is -1.51. The number of aryl methyl sites for hydroxylation is 1. The molecule has 0 bridgehead atoms. The van der Waals surface area contributed by atoms with E-state index in [1.807, 2.05) is 12.1 Å². The van der Waals surface area contributed by atoms with Crippen LogP contribution in [0.15, 0.2) is 24.3 Å². The summed E-state index contributed by atoms with van der Waals surface area (Å²) in [6.45, 7) is 0. The lowest BCUT2D eigenvalue weighted by Crippen LogP contribution is -1.99. The average Bonchev–Trinajstić information content (AvgIpc) is 2.26. The summed E-state index contributed by atoms with van der Waals surface area (Å²) in [6.07, 6.45) is 3.21. The minimum atomic E-state index is -0.152. The van der Waals surface area contributed by atoms with Gasteiger partial charge in [-0.2, -0.15) is 0 Å². The smallest absolute Gasteiger partial charge is 0.305 e. The first-order chi connectivity index (χ1) is 7.22. The van der Waals surface area contributed by atoms with Crippen molar-refractivity contribution in [2.75, 3.05) is 7.11 Å². The number of ether oxygens (including phenoxy) is 1. The lowest BCUT2D eigenvalue weighted by atomic mass is 10.1. The Morgan fingerprint density at radius 3 is 2.53 bits per heavy atom. The Morgan fingerprint density at radius 2 is 1.93 bits per heavy atom. The molecule has 0 saturated carbocycles. The summed E-state index contributed by atoms with van der Waals surface area (Å²) in [5.74, 6) is 0.133. The zero-order valence-corrected chi connectivity index (χ0v) is 8.90. The maximum absolute atomic E-state index is 10.8. The third-order valence-electron chi connectivity index (χ3n) is 2.26. The van der Waals surface area contributed by atoms with E-state index < -0.39 is 0 Å². The van der Waals surface area contributed by atoms with E-state index in [4.69, 9.17) is 5.11 Å². The molecular formula is C12H16O3. The molecule has 1 N–H and O–H groups in total. The zero-order chi connectivity index (χ0) is 11.1. The molecule has 15 heavy (non-hydrogen) atoms. The van der Waals surface area contributed by atoms with E-state index in [9.17, 15) is 4.79 Å². The predicted octanol–water partition coefficient (Wildman–Crippen LogP) is 2.28. The number of rotatable bonds is 5. The standard InChI is InChI=1S/C12H16O3/c1-15-12(14)5-3-2-4-10-6-8-11(13)9-7-10/h6-9,13H,2-5H2,1H3. The summed E-state index contributed by atoms with van der Waals surface area (Å²) in [7, 11) is 1.41. The van der Waals surface area contributed by atoms with Crippen molar-refractivity contribution in [2.45, 2.75) is 25.7 Å². The number of aromatic hydroxyl groups is 1. The third-order valence-corrected chi connectivity index (χ3v) is 2.26. The van der Waals surface area contributed by atoms with Gasteiger partial charge in [0, 0.05) is 6.42 Å². The molecule has 0 aromatic heterocycles. The molecule has 0 fully saturated rings. The van der Waals surface area contributed by atoms with E-state index in [1.54, 1.807) is 12.1 Å². The van der Waals surface area contributed by atoms with E-state index in [1.165, 1.54) is 12.7 Å². The maximum Gasteiger partial charge on any atom is 0.305 e. The largest absolute Gasteiger partial charge is 0.508 e. The van der Waals surface area contributed by atoms with Crippen LogP contribution in [0.1, 0.15) is 24.8 Å². The Morgan fingerprint density at radius 1 is 1.27 bits per heavy atom. The molecule has 3 nitrogen and oxygen atoms in total. The van der Waals surface area contributed by atoms with Crippen LogP contribution in [-0.2, 0) is 16.0 Å². The fraction of sp³-hybridized carbons (Fsp3) is 0.417. The van der Waals surface area contributed by atoms with Gasteiger partial charge >= 0.3 is 5.97 Å². The van der Waals surface area contributed by atoms with Gasteiger partial charge in [0.25, 0.3) is 0 Å². The van der Waals surface area contributed by atoms with Crippen molar-refractivity contribution in [3.8, 4) is 5.75 Å². The second kappa shape index (κ2) is 6.06. The van der Waals surface area contributed by atoms with Crippen LogP contribution >= 0.6 is 0 Å². The number of methoxy groups -OCH3 is 1. The van der Waals surface area contributed by atoms with Crippen LogP contribution in [0.2, 0.25) is 0 Å². The zero-order valence-electron chi connectivity index (χ0n) is 8.90. The molecule has 0 radical (unpaired) electrons. The van der Waals surface area contributed by atoms with Crippen molar-refractivity contribution >= 4 is 5.97 Å². The molecule has 0 atom stereocenters. The van der Waals surface area contributed by atoms with Gasteiger partial charge in [0.15, 0.2) is 0 Å². The highest BCUT2D eigenvalue weighted by Gasteiger charge is 1.99. The number of hydrogen-bond donors (Lipinski definition) is 1. The van der Waals surface area contributed by atoms with Crippen molar-refractivity contribution in [3.05, 3.63) is 29.8 Å². The number of benzene rings is 1. The van der Waals surface area contributed by atoms with Crippen LogP contribution in [0.5, 0.6) is 5.75 Å². The van der Waals surface area contributed by atoms with Crippen LogP contribution in [0.4, 0.5) is 0 Å². The second-order valence-corrected chi connectivity index (χ2v) is 3.45. The summed E-state index contributed by atoms with van der Waals surface area (Å²) in [6, 6.07) is 7.15. The van der Waals surface area contributed by atoms with Crippen LogP contribution in [0.25, 0.3) is 0 Å². The summed E-state index contributed by atoms with van der Waals surface area (Å²) in [4.78, 5) is 10.8. The molecule has 0 aliphatic heterocycles. The molecular weight excluding hydrogens is 192 g/mol. The third kappa shape index (κ3) is 4.49. The lowest BCUT2D eigenvalue weighted by molar-refractivity contribution is -0.140. The van der Waals surface area contributed by atoms with Gasteiger partial charge in [0.2, 0.25) is 0 Å². The molecule has 1 aromatic rings. The number of carbonyl (C=O) groups excluding carboxylic acids is 1. The molecule has 0 saturated heterocycles. The fourth-order valence-electron chi connectivity index (χ4n) is 1.36. The Kier molecular flexibility index (Phi) is 4.68. The van der Waals surface area contributed by atoms with Crippen molar-refractivity contribution in [1.29, 1.82) is 0 Å². The molecule has 1 rings (SSSR count). The number of phenolic OH excluding ortho intramolecular Hbond substituents is 1. The summed E-state index contributed by atoms with van der Waals surface area (Å²) in [5.41, 5.74) is 1.18. The molecule has 1 aromatic carbocycles. The highest BCUT2D eigenvalue weighted by Crippen LogP contribution is 2.12. The number of unbranched alkanes of at least 4 members (excludes halogenated alkanes) is 1. The lowest BCUT2D eigenvalue weighted by Gasteiger charge is -2.01. The number of carbonyl (C=O) groups is 1. The second-order valence-electron chi connectivity index (χ2n) is 3.45. The van der Waals surface area contributed by atoms with E-state index in [2.05, 4.69) is 4.74 Å². The van der Waals surface area contributed by atoms with Gasteiger partial charge in [0.05, 0.1) is 7.11 Å². The van der Waals surface area contributed by atoms with Crippen molar-refractivity contribution in [1.82, 2.24) is 0 Å². The number of esters is 1. The number of phenols is 1. The topological polar surface area (TPSA) is 46.5 Å². The quantitative estimate of drug-likeness (QED) is 0.596. The molecule has 0 heterocycles. The van der Waals surface area contributed by atoms with Gasteiger partial charge in [0.1, 0.15) is 5.75 Å². The Labute approximate surface area is 89.7 Å². The summed E-state index contributed by atoms with van der Waals surface area (Å²) >= 11 is 0. The SMILES string of the molecule is COC(=O)CCCCc1ccc(O)cc1. The average molecular weight is 208 g/mol. The van der Waals surface area contributed by atoms with Gasteiger partial charge in [-0.15, -0.1) is 0 Å². The van der Waals surface area contributed by atoms with E-state index in [0.29, 0.717) is 6.42 Å². The van der Waals surface area contributed by atoms with Crippen molar-refractivity contribution in [2.24, 2.45) is 0 Å². The van der Waals surface area contributed by atoms with E-state index in [-0.39, 0.29) is 11.7 Å². The highest BCUT2D eigenvalue weighted by atomic mass is 16.5. The van der Waals surface area contributed by atoms with Crippen LogP contribution in [-0.4, -0.2) is 18.2 Å². The molecule has 3 heteroatoms. The first kappa shape index (κ1) is 11.6. The van der Waals surface area contributed by atoms with Gasteiger partial charge < -0.3 is 9.84 Å². The molecule has 0 aliphatic carbocycles. The minimum Gasteiger partial charge on any atom is -0.508 e. The van der Waals surface area contributed by atoms with Gasteiger partial charge in [-0.05, 0) is 37.0 Å². The predicted molar refractivity (Wildman–Crippen MR) is 57.7 cm³/mol. The van der Waals surface area contributed by atoms with Gasteiger partial charge in [-0.1, -0.05) is 12.1 Å². The number of hydrogen-bond acceptors (Lipinski definition) is 3. The Balaban J connectivity index is 2.20. The van der Waals surface area contributed by atoms with Crippen LogP contribution < -0.4 is 0 Å². The molecule has 0 spiro atoms. The molecule has 82 valence electrons. The summed E-state index contributed by atoms with van der Waals surface area (Å²) in [5, 5.41) is 9.07. The van der Waals surface area contributed by atoms with E-state index in [0.717, 1.165) is 19.3 Å². The fourth-order valence-corrected chi connectivity index (χ4v) is 1.36. The highest BCUT2D eigenvalue weighted by molar-refractivity contribution is 5.68. The van der Waals surface area contributed by atoms with Crippen molar-refractivity contribution in [3.63, 3.8) is 0 Å². The first-order valence-corrected chi connectivity index (χ1v) is 5.07. The normalized spacial score (nSPS) is 9.93. The molecule has 0 aliphatic rings. The first-order valence-electron chi connectivity index (χ1n) is 5.07. The molecule has 0 unspecified atom stereocenters. The van der Waals surface area contributed by atoms with Crippen LogP contribution in [0, 0.1) is 0 Å². The van der Waals surface area contributed by atoms with Crippen molar-refractivity contribution < 1.29 is 14.6 Å². The van der Waals surface area contributed by atoms with Crippen LogP contribution in [0.3, 0.4) is 0 Å². The Bertz CT molecular complexity index is 303. The minimum absolute atomic E-state index is 0.152. The summed E-state index contributed by atoms with van der Waals surface area (Å²) < 4.78 is 4.55. The van der Waals surface area contributed by atoms with Gasteiger partial charge in [-0.25, -0.2) is 0 Å².